The molecule has 0 radical (unpaired) electrons. The van der Waals surface area contributed by atoms with Gasteiger partial charge in [0.2, 0.25) is 0 Å². The SMILES string of the molecule is C=C(CCCC1OC(CC#CC(=O)O)C=CC1OC)CC(/C=C/CC(OCc1ccc(OC)cc1)C(/C=C/C1CC(C)=CCO1)O[Si](C)(C)C(C)(C)C)O[Si](C)(C)C(C)(C)C. The molecular formula is C50H78O9Si2. The summed E-state index contributed by atoms with van der Waals surface area (Å²) < 4.78 is 44.7. The van der Waals surface area contributed by atoms with Crippen LogP contribution in [0.5, 0.6) is 5.75 Å². The van der Waals surface area contributed by atoms with E-state index >= 15 is 0 Å². The van der Waals surface area contributed by atoms with Gasteiger partial charge in [-0.05, 0) is 99.4 Å². The first-order valence-corrected chi connectivity index (χ1v) is 27.8. The van der Waals surface area contributed by atoms with Crippen molar-refractivity contribution in [1.29, 1.82) is 0 Å². The number of benzene rings is 1. The summed E-state index contributed by atoms with van der Waals surface area (Å²) in [6.45, 7) is 30.5. The maximum absolute atomic E-state index is 10.9. The van der Waals surface area contributed by atoms with Crippen molar-refractivity contribution in [3.63, 3.8) is 0 Å². The van der Waals surface area contributed by atoms with Crippen LogP contribution < -0.4 is 4.74 Å². The van der Waals surface area contributed by atoms with Crippen molar-refractivity contribution in [3.05, 3.63) is 90.1 Å². The van der Waals surface area contributed by atoms with Crippen LogP contribution in [0, 0.1) is 11.8 Å². The topological polar surface area (TPSA) is 102 Å². The highest BCUT2D eigenvalue weighted by molar-refractivity contribution is 6.74. The summed E-state index contributed by atoms with van der Waals surface area (Å²) in [5, 5.41) is 8.94. The lowest BCUT2D eigenvalue weighted by molar-refractivity contribution is -0.130. The molecular weight excluding hydrogens is 801 g/mol. The Morgan fingerprint density at radius 1 is 1.00 bits per heavy atom. The fourth-order valence-corrected chi connectivity index (χ4v) is 9.16. The number of rotatable bonds is 22. The summed E-state index contributed by atoms with van der Waals surface area (Å²) in [7, 11) is -1.04. The van der Waals surface area contributed by atoms with Gasteiger partial charge in [0.15, 0.2) is 16.6 Å². The van der Waals surface area contributed by atoms with Gasteiger partial charge in [-0.2, -0.15) is 0 Å². The average molecular weight is 879 g/mol. The Morgan fingerprint density at radius 3 is 2.28 bits per heavy atom. The van der Waals surface area contributed by atoms with E-state index in [0.29, 0.717) is 32.5 Å². The standard InChI is InChI=1S/C50H78O9Si2/c1-37(18-15-22-46-44(54-10)30-28-41(57-46)19-17-23-48(51)52)35-43(58-60(11,12)49(3,4)5)20-16-21-45(56-36-39-24-26-40(53-9)27-25-39)47(59-61(13,14)50(6,7)8)31-29-42-34-38(2)32-33-55-42/h16,20,24-32,41-47H,1,15,18-19,21-22,33-36H2,2-14H3,(H,51,52)/b20-16+,31-29+. The van der Waals surface area contributed by atoms with Crippen molar-refractivity contribution in [2.24, 2.45) is 0 Å². The number of hydrogen-bond donors (Lipinski definition) is 1. The van der Waals surface area contributed by atoms with Crippen LogP contribution in [-0.2, 0) is 39.2 Å². The van der Waals surface area contributed by atoms with Gasteiger partial charge in [-0.15, -0.1) is 0 Å². The maximum Gasteiger partial charge on any atom is 0.381 e. The second-order valence-corrected chi connectivity index (χ2v) is 29.1. The molecule has 7 atom stereocenters. The van der Waals surface area contributed by atoms with E-state index < -0.39 is 22.6 Å². The summed E-state index contributed by atoms with van der Waals surface area (Å²) in [6, 6.07) is 8.03. The molecule has 1 aromatic rings. The van der Waals surface area contributed by atoms with E-state index in [4.69, 9.17) is 37.6 Å². The molecule has 0 bridgehead atoms. The predicted molar refractivity (Wildman–Crippen MR) is 253 cm³/mol. The Morgan fingerprint density at radius 2 is 1.67 bits per heavy atom. The molecule has 9 nitrogen and oxygen atoms in total. The van der Waals surface area contributed by atoms with Crippen LogP contribution in [0.4, 0.5) is 0 Å². The number of hydrogen-bond acceptors (Lipinski definition) is 8. The van der Waals surface area contributed by atoms with Crippen LogP contribution in [0.1, 0.15) is 99.0 Å². The average Bonchev–Trinajstić information content (AvgIpc) is 3.17. The van der Waals surface area contributed by atoms with Gasteiger partial charge < -0.3 is 37.6 Å². The van der Waals surface area contributed by atoms with E-state index in [-0.39, 0.29) is 52.8 Å². The van der Waals surface area contributed by atoms with Crippen molar-refractivity contribution in [3.8, 4) is 17.6 Å². The molecule has 1 aromatic carbocycles. The minimum absolute atomic E-state index is 0.00121. The molecule has 0 spiro atoms. The van der Waals surface area contributed by atoms with Gasteiger partial charge in [0.05, 0.1) is 56.9 Å². The third-order valence-electron chi connectivity index (χ3n) is 12.5. The second kappa shape index (κ2) is 24.1. The molecule has 0 aliphatic carbocycles. The van der Waals surface area contributed by atoms with Crippen LogP contribution in [0.3, 0.4) is 0 Å². The van der Waals surface area contributed by atoms with Crippen LogP contribution in [0.2, 0.25) is 36.3 Å². The molecule has 61 heavy (non-hydrogen) atoms. The molecule has 1 N–H and O–H groups in total. The molecule has 2 heterocycles. The maximum atomic E-state index is 10.9. The minimum atomic E-state index is -2.24. The molecule has 340 valence electrons. The van der Waals surface area contributed by atoms with Crippen LogP contribution >= 0.6 is 0 Å². The quantitative estimate of drug-likeness (QED) is 0.0693. The largest absolute Gasteiger partial charge is 0.497 e. The van der Waals surface area contributed by atoms with Gasteiger partial charge in [-0.1, -0.05) is 120 Å². The summed E-state index contributed by atoms with van der Waals surface area (Å²) >= 11 is 0. The zero-order valence-electron chi connectivity index (χ0n) is 39.7. The van der Waals surface area contributed by atoms with Gasteiger partial charge in [0.1, 0.15) is 11.9 Å². The van der Waals surface area contributed by atoms with Gasteiger partial charge in [0, 0.05) is 19.5 Å². The van der Waals surface area contributed by atoms with E-state index in [9.17, 15) is 4.79 Å². The zero-order chi connectivity index (χ0) is 45.4. The third kappa shape index (κ3) is 17.9. The highest BCUT2D eigenvalue weighted by Gasteiger charge is 2.41. The summed E-state index contributed by atoms with van der Waals surface area (Å²) in [5.41, 5.74) is 3.51. The van der Waals surface area contributed by atoms with Gasteiger partial charge in [-0.25, -0.2) is 4.79 Å². The first-order valence-electron chi connectivity index (χ1n) is 22.0. The van der Waals surface area contributed by atoms with E-state index in [0.717, 1.165) is 42.6 Å². The van der Waals surface area contributed by atoms with E-state index in [1.165, 1.54) is 5.57 Å². The monoisotopic (exact) mass is 879 g/mol. The summed E-state index contributed by atoms with van der Waals surface area (Å²) in [4.78, 5) is 10.9. The van der Waals surface area contributed by atoms with Crippen molar-refractivity contribution < 1.29 is 42.4 Å². The Balaban J connectivity index is 1.86. The molecule has 0 amide bonds. The molecule has 0 saturated heterocycles. The molecule has 3 rings (SSSR count). The lowest BCUT2D eigenvalue weighted by Crippen LogP contribution is -2.47. The molecule has 2 aliphatic heterocycles. The number of ether oxygens (including phenoxy) is 5. The van der Waals surface area contributed by atoms with E-state index in [1.54, 1.807) is 14.2 Å². The van der Waals surface area contributed by atoms with Crippen LogP contribution in [0.25, 0.3) is 0 Å². The van der Waals surface area contributed by atoms with Crippen molar-refractivity contribution in [2.45, 2.75) is 179 Å². The Labute approximate surface area is 371 Å². The lowest BCUT2D eigenvalue weighted by atomic mass is 9.98. The number of carboxylic acid groups (broad SMARTS) is 1. The summed E-state index contributed by atoms with van der Waals surface area (Å²) in [5.74, 6) is 4.54. The zero-order valence-corrected chi connectivity index (χ0v) is 41.7. The normalized spacial score (nSPS) is 21.8. The first kappa shape index (κ1) is 52.3. The Kier molecular flexibility index (Phi) is 20.7. The molecule has 7 unspecified atom stereocenters. The van der Waals surface area contributed by atoms with Crippen molar-refractivity contribution in [2.75, 3.05) is 20.8 Å². The minimum Gasteiger partial charge on any atom is -0.497 e. The van der Waals surface area contributed by atoms with Gasteiger partial charge >= 0.3 is 5.97 Å². The molecule has 0 fully saturated rings. The van der Waals surface area contributed by atoms with E-state index in [1.807, 2.05) is 36.4 Å². The predicted octanol–water partition coefficient (Wildman–Crippen LogP) is 11.5. The molecule has 0 aromatic heterocycles. The van der Waals surface area contributed by atoms with Crippen molar-refractivity contribution >= 4 is 22.6 Å². The van der Waals surface area contributed by atoms with E-state index in [2.05, 4.69) is 123 Å². The molecule has 2 aliphatic rings. The smallest absolute Gasteiger partial charge is 0.381 e. The third-order valence-corrected chi connectivity index (χ3v) is 21.5. The van der Waals surface area contributed by atoms with Gasteiger partial charge in [-0.3, -0.25) is 0 Å². The number of methoxy groups -OCH3 is 2. The first-order chi connectivity index (χ1) is 28.5. The number of carbonyl (C=O) groups is 1. The number of carboxylic acids is 1. The Bertz CT molecular complexity index is 1720. The molecule has 11 heteroatoms. The van der Waals surface area contributed by atoms with Gasteiger partial charge in [0.25, 0.3) is 0 Å². The van der Waals surface area contributed by atoms with Crippen molar-refractivity contribution in [1.82, 2.24) is 0 Å². The number of aliphatic carboxylic acids is 1. The highest BCUT2D eigenvalue weighted by atomic mass is 28.4. The Hall–Kier alpha value is -3.06. The summed E-state index contributed by atoms with van der Waals surface area (Å²) in [6.07, 6.45) is 18.5. The van der Waals surface area contributed by atoms with Crippen LogP contribution in [0.15, 0.2) is 84.5 Å². The fourth-order valence-electron chi connectivity index (χ4n) is 6.63. The van der Waals surface area contributed by atoms with Crippen LogP contribution in [-0.4, -0.2) is 91.3 Å². The lowest BCUT2D eigenvalue weighted by Gasteiger charge is -2.40. The second-order valence-electron chi connectivity index (χ2n) is 19.6. The fraction of sp³-hybridized carbons (Fsp3) is 0.620. The molecule has 0 saturated carbocycles. The highest BCUT2D eigenvalue weighted by Crippen LogP contribution is 2.40.